The number of hydrogen-bond donors (Lipinski definition) is 1. The summed E-state index contributed by atoms with van der Waals surface area (Å²) in [7, 11) is 0. The van der Waals surface area contributed by atoms with Gasteiger partial charge in [-0.3, -0.25) is 4.79 Å². The van der Waals surface area contributed by atoms with Gasteiger partial charge >= 0.3 is 0 Å². The molecule has 0 aliphatic carbocycles. The Balaban J connectivity index is 3.02. The van der Waals surface area contributed by atoms with Crippen molar-refractivity contribution in [3.8, 4) is 0 Å². The van der Waals surface area contributed by atoms with Crippen molar-refractivity contribution in [3.05, 3.63) is 34.2 Å². The average Bonchev–Trinajstić information content (AvgIpc) is 2.35. The molecule has 3 heteroatoms. The molecular weight excluding hydrogens is 242 g/mol. The maximum atomic E-state index is 12.1. The second kappa shape index (κ2) is 7.03. The molecule has 1 aromatic heterocycles. The summed E-state index contributed by atoms with van der Waals surface area (Å²) in [6, 6.07) is 3.83. The maximum absolute atomic E-state index is 12.1. The van der Waals surface area contributed by atoms with Crippen LogP contribution in [0.3, 0.4) is 0 Å². The summed E-state index contributed by atoms with van der Waals surface area (Å²) in [5.41, 5.74) is 1.11. The number of pyridine rings is 1. The lowest BCUT2D eigenvalue weighted by molar-refractivity contribution is 0.229. The lowest BCUT2D eigenvalue weighted by atomic mass is 9.81. The zero-order valence-electron chi connectivity index (χ0n) is 11.8. The van der Waals surface area contributed by atoms with Gasteiger partial charge < -0.3 is 4.57 Å². The van der Waals surface area contributed by atoms with Crippen LogP contribution < -0.4 is 5.56 Å². The number of rotatable bonds is 7. The fourth-order valence-electron chi connectivity index (χ4n) is 2.69. The Morgan fingerprint density at radius 3 is 2.39 bits per heavy atom. The SMILES string of the molecule is CCCC(CS)(CCC)Cn1cccc(C)c1=O. The highest BCUT2D eigenvalue weighted by atomic mass is 32.1. The van der Waals surface area contributed by atoms with Gasteiger partial charge in [-0.25, -0.2) is 0 Å². The predicted octanol–water partition coefficient (Wildman–Crippen LogP) is 3.67. The van der Waals surface area contributed by atoms with E-state index in [2.05, 4.69) is 26.5 Å². The van der Waals surface area contributed by atoms with Crippen molar-refractivity contribution in [2.24, 2.45) is 5.41 Å². The van der Waals surface area contributed by atoms with E-state index in [9.17, 15) is 4.79 Å². The molecule has 0 bridgehead atoms. The van der Waals surface area contributed by atoms with Crippen LogP contribution in [0, 0.1) is 12.3 Å². The van der Waals surface area contributed by atoms with Crippen LogP contribution in [0.1, 0.15) is 45.1 Å². The lowest BCUT2D eigenvalue weighted by Gasteiger charge is -2.32. The smallest absolute Gasteiger partial charge is 0.253 e. The minimum atomic E-state index is 0.135. The largest absolute Gasteiger partial charge is 0.315 e. The molecule has 0 unspecified atom stereocenters. The summed E-state index contributed by atoms with van der Waals surface area (Å²) < 4.78 is 1.86. The average molecular weight is 267 g/mol. The van der Waals surface area contributed by atoms with E-state index >= 15 is 0 Å². The second-order valence-corrected chi connectivity index (χ2v) is 5.60. The Bertz CT molecular complexity index is 419. The van der Waals surface area contributed by atoms with Gasteiger partial charge in [0.15, 0.2) is 0 Å². The van der Waals surface area contributed by atoms with Crippen LogP contribution in [-0.2, 0) is 6.54 Å². The van der Waals surface area contributed by atoms with E-state index in [1.165, 1.54) is 0 Å². The van der Waals surface area contributed by atoms with E-state index in [1.54, 1.807) is 0 Å². The highest BCUT2D eigenvalue weighted by Gasteiger charge is 2.27. The molecule has 1 heterocycles. The van der Waals surface area contributed by atoms with E-state index < -0.39 is 0 Å². The van der Waals surface area contributed by atoms with Crippen molar-refractivity contribution in [2.45, 2.75) is 53.0 Å². The molecule has 18 heavy (non-hydrogen) atoms. The monoisotopic (exact) mass is 267 g/mol. The Kier molecular flexibility index (Phi) is 6.00. The molecule has 0 amide bonds. The molecule has 0 atom stereocenters. The van der Waals surface area contributed by atoms with Crippen LogP contribution in [0.15, 0.2) is 23.1 Å². The first kappa shape index (κ1) is 15.4. The molecule has 0 saturated carbocycles. The molecule has 0 aliphatic heterocycles. The molecule has 0 spiro atoms. The Morgan fingerprint density at radius 2 is 1.89 bits per heavy atom. The number of hydrogen-bond acceptors (Lipinski definition) is 2. The van der Waals surface area contributed by atoms with Crippen LogP contribution in [-0.4, -0.2) is 10.3 Å². The first-order valence-corrected chi connectivity index (χ1v) is 7.48. The fraction of sp³-hybridized carbons (Fsp3) is 0.667. The van der Waals surface area contributed by atoms with Crippen LogP contribution in [0.5, 0.6) is 0 Å². The van der Waals surface area contributed by atoms with Gasteiger partial charge in [-0.05, 0) is 37.0 Å². The summed E-state index contributed by atoms with van der Waals surface area (Å²) in [4.78, 5) is 12.1. The molecule has 0 fully saturated rings. The van der Waals surface area contributed by atoms with Gasteiger partial charge in [0.05, 0.1) is 0 Å². The van der Waals surface area contributed by atoms with E-state index in [1.807, 2.05) is 29.8 Å². The molecule has 0 saturated heterocycles. The topological polar surface area (TPSA) is 22.0 Å². The second-order valence-electron chi connectivity index (χ2n) is 5.28. The van der Waals surface area contributed by atoms with Crippen molar-refractivity contribution in [1.82, 2.24) is 4.57 Å². The molecule has 0 radical (unpaired) electrons. The van der Waals surface area contributed by atoms with E-state index in [4.69, 9.17) is 0 Å². The standard InChI is InChI=1S/C15H25NOS/c1-4-8-15(12-18,9-5-2)11-16-10-6-7-13(3)14(16)17/h6-7,10,18H,4-5,8-9,11-12H2,1-3H3. The number of aromatic nitrogens is 1. The van der Waals surface area contributed by atoms with Crippen LogP contribution in [0.4, 0.5) is 0 Å². The third-order valence-electron chi connectivity index (χ3n) is 3.61. The zero-order chi connectivity index (χ0) is 13.6. The first-order valence-electron chi connectivity index (χ1n) is 6.85. The molecule has 0 aromatic carbocycles. The molecule has 0 aliphatic rings. The Labute approximate surface area is 116 Å². The number of aryl methyl sites for hydroxylation is 1. The highest BCUT2D eigenvalue weighted by Crippen LogP contribution is 2.32. The lowest BCUT2D eigenvalue weighted by Crippen LogP contribution is -2.34. The van der Waals surface area contributed by atoms with Crippen LogP contribution in [0.2, 0.25) is 0 Å². The summed E-state index contributed by atoms with van der Waals surface area (Å²) in [5.74, 6) is 0.842. The highest BCUT2D eigenvalue weighted by molar-refractivity contribution is 7.80. The Morgan fingerprint density at radius 1 is 1.28 bits per heavy atom. The normalized spacial score (nSPS) is 11.8. The van der Waals surface area contributed by atoms with E-state index in [0.29, 0.717) is 0 Å². The van der Waals surface area contributed by atoms with Gasteiger partial charge in [0.2, 0.25) is 0 Å². The summed E-state index contributed by atoms with van der Waals surface area (Å²) in [6.45, 7) is 7.07. The minimum absolute atomic E-state index is 0.135. The van der Waals surface area contributed by atoms with Gasteiger partial charge in [-0.15, -0.1) is 0 Å². The number of nitrogens with zero attached hydrogens (tertiary/aromatic N) is 1. The first-order chi connectivity index (χ1) is 8.58. The van der Waals surface area contributed by atoms with Crippen molar-refractivity contribution >= 4 is 12.6 Å². The third-order valence-corrected chi connectivity index (χ3v) is 4.28. The molecule has 0 N–H and O–H groups in total. The third kappa shape index (κ3) is 3.64. The Hall–Kier alpha value is -0.700. The van der Waals surface area contributed by atoms with Gasteiger partial charge in [0.1, 0.15) is 0 Å². The van der Waals surface area contributed by atoms with Crippen molar-refractivity contribution in [2.75, 3.05) is 5.75 Å². The summed E-state index contributed by atoms with van der Waals surface area (Å²) in [6.07, 6.45) is 6.44. The minimum Gasteiger partial charge on any atom is -0.315 e. The predicted molar refractivity (Wildman–Crippen MR) is 81.5 cm³/mol. The van der Waals surface area contributed by atoms with Gasteiger partial charge in [-0.1, -0.05) is 32.8 Å². The van der Waals surface area contributed by atoms with Gasteiger partial charge in [0.25, 0.3) is 5.56 Å². The quantitative estimate of drug-likeness (QED) is 0.748. The molecule has 102 valence electrons. The number of thiol groups is 1. The van der Waals surface area contributed by atoms with Crippen LogP contribution >= 0.6 is 12.6 Å². The summed E-state index contributed by atoms with van der Waals surface area (Å²) >= 11 is 4.54. The fourth-order valence-corrected chi connectivity index (χ4v) is 3.11. The van der Waals surface area contributed by atoms with E-state index in [0.717, 1.165) is 43.5 Å². The zero-order valence-corrected chi connectivity index (χ0v) is 12.7. The van der Waals surface area contributed by atoms with Crippen molar-refractivity contribution in [1.29, 1.82) is 0 Å². The maximum Gasteiger partial charge on any atom is 0.253 e. The molecule has 2 nitrogen and oxygen atoms in total. The van der Waals surface area contributed by atoms with Crippen LogP contribution in [0.25, 0.3) is 0 Å². The van der Waals surface area contributed by atoms with Gasteiger partial charge in [-0.2, -0.15) is 12.6 Å². The van der Waals surface area contributed by atoms with Crippen molar-refractivity contribution in [3.63, 3.8) is 0 Å². The molecule has 1 aromatic rings. The molecule has 1 rings (SSSR count). The molecular formula is C15H25NOS. The summed E-state index contributed by atoms with van der Waals surface area (Å²) in [5, 5.41) is 0. The van der Waals surface area contributed by atoms with E-state index in [-0.39, 0.29) is 11.0 Å². The van der Waals surface area contributed by atoms with Gasteiger partial charge in [0, 0.05) is 18.3 Å². The van der Waals surface area contributed by atoms with Crippen molar-refractivity contribution < 1.29 is 0 Å².